The van der Waals surface area contributed by atoms with Crippen LogP contribution in [-0.2, 0) is 19.0 Å². The molecule has 1 unspecified atom stereocenters. The van der Waals surface area contributed by atoms with E-state index in [2.05, 4.69) is 30.4 Å². The minimum atomic E-state index is -0.557. The van der Waals surface area contributed by atoms with Gasteiger partial charge in [-0.1, -0.05) is 57.9 Å². The molecule has 0 aliphatic heterocycles. The fourth-order valence-corrected chi connectivity index (χ4v) is 6.32. The highest BCUT2D eigenvalue weighted by molar-refractivity contribution is 6.18. The van der Waals surface area contributed by atoms with Crippen molar-refractivity contribution in [3.63, 3.8) is 0 Å². The Kier molecular flexibility index (Phi) is 13.9. The number of ether oxygens (including phenoxy) is 3. The van der Waals surface area contributed by atoms with E-state index in [-0.39, 0.29) is 54.2 Å². The number of benzene rings is 4. The van der Waals surface area contributed by atoms with E-state index in [9.17, 15) is 14.4 Å². The third-order valence-electron chi connectivity index (χ3n) is 8.79. The zero-order valence-corrected chi connectivity index (χ0v) is 33.7. The highest BCUT2D eigenvalue weighted by atomic mass is 35.5. The smallest absolute Gasteiger partial charge is 0.338 e. The summed E-state index contributed by atoms with van der Waals surface area (Å²) in [5.41, 5.74) is 4.23. The minimum absolute atomic E-state index is 0.108. The Morgan fingerprint density at radius 3 is 1.42 bits per heavy atom. The molecule has 0 aliphatic rings. The number of hydrogen-bond donors (Lipinski definition) is 0. The molecule has 0 amide bonds. The molecule has 0 N–H and O–H groups in total. The van der Waals surface area contributed by atoms with E-state index in [1.807, 2.05) is 6.07 Å². The Labute approximate surface area is 356 Å². The maximum atomic E-state index is 12.6. The van der Waals surface area contributed by atoms with Crippen molar-refractivity contribution >= 4 is 53.2 Å². The van der Waals surface area contributed by atoms with Gasteiger partial charge >= 0.3 is 11.9 Å². The third kappa shape index (κ3) is 10.1. The van der Waals surface area contributed by atoms with Crippen LogP contribution >= 0.6 is 34.8 Å². The molecule has 0 fully saturated rings. The van der Waals surface area contributed by atoms with Crippen molar-refractivity contribution in [2.24, 2.45) is 0 Å². The van der Waals surface area contributed by atoms with Crippen molar-refractivity contribution in [2.75, 3.05) is 30.9 Å². The van der Waals surface area contributed by atoms with Gasteiger partial charge in [0.25, 0.3) is 24.1 Å². The van der Waals surface area contributed by atoms with Gasteiger partial charge < -0.3 is 27.8 Å². The zero-order valence-electron chi connectivity index (χ0n) is 31.5. The Morgan fingerprint density at radius 2 is 1.00 bits per heavy atom. The fourth-order valence-electron chi connectivity index (χ4n) is 5.91. The van der Waals surface area contributed by atoms with Crippen LogP contribution < -0.4 is 0 Å². The van der Waals surface area contributed by atoms with Crippen LogP contribution in [0.4, 0.5) is 0 Å². The second-order valence-electron chi connectivity index (χ2n) is 12.9. The largest absolute Gasteiger partial charge is 0.462 e. The average molecular weight is 872 g/mol. The lowest BCUT2D eigenvalue weighted by atomic mass is 10.0. The van der Waals surface area contributed by atoms with Crippen molar-refractivity contribution < 1.29 is 42.2 Å². The van der Waals surface area contributed by atoms with Crippen molar-refractivity contribution in [2.45, 2.75) is 25.4 Å². The molecule has 0 bridgehead atoms. The van der Waals surface area contributed by atoms with E-state index in [0.29, 0.717) is 87.6 Å². The van der Waals surface area contributed by atoms with Gasteiger partial charge in [0.1, 0.15) is 6.10 Å². The summed E-state index contributed by atoms with van der Waals surface area (Å²) in [6.07, 6.45) is 0.903. The fraction of sp³-hybridized carbons (Fsp3) is 0.214. The van der Waals surface area contributed by atoms with Gasteiger partial charge in [0.05, 0.1) is 24.3 Å². The second kappa shape index (κ2) is 20.0. The first kappa shape index (κ1) is 41.7. The first-order valence-electron chi connectivity index (χ1n) is 18.5. The number of halogens is 3. The van der Waals surface area contributed by atoms with E-state index in [4.69, 9.17) is 62.6 Å². The summed E-state index contributed by atoms with van der Waals surface area (Å²) < 4.78 is 33.1. The maximum absolute atomic E-state index is 12.6. The highest BCUT2D eigenvalue weighted by Gasteiger charge is 2.22. The van der Waals surface area contributed by atoms with Crippen LogP contribution in [0.5, 0.6) is 0 Å². The van der Waals surface area contributed by atoms with Gasteiger partial charge in [-0.05, 0) is 66.9 Å². The molecule has 15 nitrogen and oxygen atoms in total. The Hall–Kier alpha value is -6.42. The van der Waals surface area contributed by atoms with Gasteiger partial charge in [-0.3, -0.25) is 4.79 Å². The van der Waals surface area contributed by atoms with Gasteiger partial charge in [-0.25, -0.2) is 9.59 Å². The first-order valence-corrected chi connectivity index (χ1v) is 20.1. The van der Waals surface area contributed by atoms with E-state index in [1.54, 1.807) is 84.9 Å². The summed E-state index contributed by atoms with van der Waals surface area (Å²) in [5, 5.41) is 12.6. The standard InChI is InChI=1S/C42H33Cl3N6O9/c43-13-4-16-55-41(53)29-10-2-8-27(19-29)36-47-39(59-50-36)32-21-31(38-46-35(49-58-38)26-7-1-6-25(18-26)34(12-15-45)57-24-52)22-33(23-32)40-48-37(51-60-40)28-9-3-11-30(20-28)42(54)56-17-5-14-44/h1-3,6-11,18-24,34H,4-5,12-17H2. The van der Waals surface area contributed by atoms with E-state index in [0.717, 1.165) is 0 Å². The van der Waals surface area contributed by atoms with Gasteiger partial charge in [-0.2, -0.15) is 15.0 Å². The van der Waals surface area contributed by atoms with Gasteiger partial charge in [0.2, 0.25) is 17.5 Å². The number of carbonyl (C=O) groups is 3. The normalized spacial score (nSPS) is 11.6. The number of aromatic nitrogens is 6. The molecule has 0 saturated heterocycles. The number of rotatable bonds is 19. The molecule has 306 valence electrons. The van der Waals surface area contributed by atoms with E-state index < -0.39 is 18.0 Å². The highest BCUT2D eigenvalue weighted by Crippen LogP contribution is 2.34. The molecule has 0 aliphatic carbocycles. The molecule has 0 saturated carbocycles. The topological polar surface area (TPSA) is 196 Å². The quantitative estimate of drug-likeness (QED) is 0.0245. The molecule has 7 aromatic rings. The Bertz CT molecular complexity index is 2470. The zero-order chi connectivity index (χ0) is 41.8. The van der Waals surface area contributed by atoms with Crippen LogP contribution in [0.3, 0.4) is 0 Å². The molecule has 3 aromatic heterocycles. The van der Waals surface area contributed by atoms with Crippen molar-refractivity contribution in [1.29, 1.82) is 0 Å². The Morgan fingerprint density at radius 1 is 0.567 bits per heavy atom. The number of alkyl halides is 3. The molecular weight excluding hydrogens is 839 g/mol. The molecule has 3 heterocycles. The first-order chi connectivity index (χ1) is 29.4. The number of hydrogen-bond acceptors (Lipinski definition) is 15. The van der Waals surface area contributed by atoms with Gasteiger partial charge in [0.15, 0.2) is 0 Å². The SMILES string of the molecule is O=COC(CCCl)c1cccc(-c2noc(-c3cc(-c4nc(-c5cccc(C(=O)OCCCCl)c5)no4)cc(-c4nc(-c5cccc(C(=O)OCCCCl)c5)no4)c3)n2)c1. The number of esters is 2. The third-order valence-corrected chi connectivity index (χ3v) is 9.55. The summed E-state index contributed by atoms with van der Waals surface area (Å²) in [6.45, 7) is 0.765. The van der Waals surface area contributed by atoms with Crippen LogP contribution in [0.15, 0.2) is 105 Å². The Balaban J connectivity index is 1.24. The van der Waals surface area contributed by atoms with Crippen molar-refractivity contribution in [1.82, 2.24) is 30.4 Å². The summed E-state index contributed by atoms with van der Waals surface area (Å²) in [5.74, 6) is 1.02. The summed E-state index contributed by atoms with van der Waals surface area (Å²) in [7, 11) is 0. The lowest BCUT2D eigenvalue weighted by molar-refractivity contribution is -0.134. The molecule has 4 aromatic carbocycles. The van der Waals surface area contributed by atoms with Crippen molar-refractivity contribution in [3.05, 3.63) is 108 Å². The summed E-state index contributed by atoms with van der Waals surface area (Å²) >= 11 is 17.4. The summed E-state index contributed by atoms with van der Waals surface area (Å²) in [6, 6.07) is 25.6. The molecule has 0 spiro atoms. The predicted molar refractivity (Wildman–Crippen MR) is 219 cm³/mol. The van der Waals surface area contributed by atoms with Gasteiger partial charge in [-0.15, -0.1) is 34.8 Å². The van der Waals surface area contributed by atoms with Crippen molar-refractivity contribution in [3.8, 4) is 68.5 Å². The molecule has 60 heavy (non-hydrogen) atoms. The number of carbonyl (C=O) groups excluding carboxylic acids is 3. The number of nitrogens with zero attached hydrogens (tertiary/aromatic N) is 6. The monoisotopic (exact) mass is 870 g/mol. The molecule has 7 rings (SSSR count). The molecule has 0 radical (unpaired) electrons. The van der Waals surface area contributed by atoms with E-state index in [1.165, 1.54) is 0 Å². The lowest BCUT2D eigenvalue weighted by Crippen LogP contribution is -2.06. The lowest BCUT2D eigenvalue weighted by Gasteiger charge is -2.14. The average Bonchev–Trinajstić information content (AvgIpc) is 4.09. The molecule has 1 atom stereocenters. The minimum Gasteiger partial charge on any atom is -0.462 e. The predicted octanol–water partition coefficient (Wildman–Crippen LogP) is 9.25. The molecule has 18 heteroatoms. The summed E-state index contributed by atoms with van der Waals surface area (Å²) in [4.78, 5) is 50.4. The van der Waals surface area contributed by atoms with Crippen LogP contribution in [0, 0.1) is 0 Å². The molecular formula is C42H33Cl3N6O9. The maximum Gasteiger partial charge on any atom is 0.338 e. The van der Waals surface area contributed by atoms with Crippen LogP contribution in [0.25, 0.3) is 68.5 Å². The van der Waals surface area contributed by atoms with Crippen LogP contribution in [-0.4, -0.2) is 79.7 Å². The van der Waals surface area contributed by atoms with E-state index >= 15 is 0 Å². The van der Waals surface area contributed by atoms with Gasteiger partial charge in [0, 0.05) is 57.4 Å². The van der Waals surface area contributed by atoms with Crippen LogP contribution in [0.1, 0.15) is 51.6 Å². The second-order valence-corrected chi connectivity index (χ2v) is 14.0. The van der Waals surface area contributed by atoms with Crippen LogP contribution in [0.2, 0.25) is 0 Å².